The van der Waals surface area contributed by atoms with Crippen molar-refractivity contribution in [3.8, 4) is 5.75 Å². The van der Waals surface area contributed by atoms with Gasteiger partial charge >= 0.3 is 5.97 Å². The van der Waals surface area contributed by atoms with Crippen molar-refractivity contribution in [1.29, 1.82) is 0 Å². The number of carbonyl (C=O) groups is 1. The highest BCUT2D eigenvalue weighted by molar-refractivity contribution is 5.90. The average Bonchev–Trinajstić information content (AvgIpc) is 2.29. The molecule has 0 aromatic carbocycles. The minimum atomic E-state index is -1.25. The quantitative estimate of drug-likeness (QED) is 0.813. The van der Waals surface area contributed by atoms with Crippen molar-refractivity contribution < 1.29 is 19.7 Å². The van der Waals surface area contributed by atoms with Crippen LogP contribution in [0.1, 0.15) is 30.1 Å². The largest absolute Gasteiger partial charge is 0.507 e. The third kappa shape index (κ3) is 2.11. The molecule has 6 heteroatoms. The Hall–Kier alpha value is -1.82. The fourth-order valence-electron chi connectivity index (χ4n) is 2.16. The molecular weight excluding hydrogens is 238 g/mol. The Labute approximate surface area is 103 Å². The third-order valence-electron chi connectivity index (χ3n) is 3.41. The molecule has 98 valence electrons. The second kappa shape index (κ2) is 4.45. The lowest BCUT2D eigenvalue weighted by Gasteiger charge is -2.35. The molecule has 0 saturated carbocycles. The van der Waals surface area contributed by atoms with Crippen molar-refractivity contribution in [2.45, 2.75) is 25.3 Å². The number of ether oxygens (including phenoxy) is 1. The Kier molecular flexibility index (Phi) is 3.13. The fourth-order valence-corrected chi connectivity index (χ4v) is 2.16. The van der Waals surface area contributed by atoms with E-state index in [9.17, 15) is 14.7 Å². The number of hydrogen-bond donors (Lipinski definition) is 2. The molecule has 0 spiro atoms. The van der Waals surface area contributed by atoms with Gasteiger partial charge in [-0.2, -0.15) is 0 Å². The number of aromatic hydroxyl groups is 1. The molecule has 1 aliphatic rings. The molecule has 2 N–H and O–H groups in total. The Morgan fingerprint density at radius 1 is 1.44 bits per heavy atom. The lowest BCUT2D eigenvalue weighted by atomic mass is 9.91. The van der Waals surface area contributed by atoms with Crippen LogP contribution in [0.5, 0.6) is 5.75 Å². The first-order chi connectivity index (χ1) is 8.44. The van der Waals surface area contributed by atoms with Gasteiger partial charge in [-0.3, -0.25) is 4.79 Å². The van der Waals surface area contributed by atoms with E-state index in [4.69, 9.17) is 9.84 Å². The highest BCUT2D eigenvalue weighted by Gasteiger charge is 2.31. The summed E-state index contributed by atoms with van der Waals surface area (Å²) in [5.74, 6) is -1.75. The van der Waals surface area contributed by atoms with Crippen LogP contribution in [0.2, 0.25) is 0 Å². The van der Waals surface area contributed by atoms with Crippen LogP contribution in [0.3, 0.4) is 0 Å². The molecule has 0 bridgehead atoms. The van der Waals surface area contributed by atoms with Crippen molar-refractivity contribution in [1.82, 2.24) is 4.57 Å². The van der Waals surface area contributed by atoms with E-state index < -0.39 is 22.8 Å². The SMILES string of the molecule is CC1(n2cc(C(=O)O)c(O)cc2=O)CCOCC1. The number of pyridine rings is 1. The summed E-state index contributed by atoms with van der Waals surface area (Å²) in [6.45, 7) is 2.96. The van der Waals surface area contributed by atoms with Crippen LogP contribution >= 0.6 is 0 Å². The number of nitrogens with zero attached hydrogens (tertiary/aromatic N) is 1. The predicted molar refractivity (Wildman–Crippen MR) is 63.0 cm³/mol. The normalized spacial score (nSPS) is 18.5. The van der Waals surface area contributed by atoms with Gasteiger partial charge in [-0.1, -0.05) is 0 Å². The van der Waals surface area contributed by atoms with Gasteiger partial charge in [0.2, 0.25) is 0 Å². The molecule has 1 saturated heterocycles. The standard InChI is InChI=1S/C12H15NO5/c1-12(2-4-18-5-3-12)13-7-8(11(16)17)9(14)6-10(13)15/h6-7,14H,2-5H2,1H3,(H,16,17). The van der Waals surface area contributed by atoms with Crippen LogP contribution in [0.25, 0.3) is 0 Å². The zero-order valence-electron chi connectivity index (χ0n) is 10.0. The summed E-state index contributed by atoms with van der Waals surface area (Å²) >= 11 is 0. The van der Waals surface area contributed by atoms with Gasteiger partial charge in [-0.05, 0) is 19.8 Å². The van der Waals surface area contributed by atoms with E-state index in [0.717, 1.165) is 6.07 Å². The molecule has 6 nitrogen and oxygen atoms in total. The van der Waals surface area contributed by atoms with Gasteiger partial charge in [0, 0.05) is 31.0 Å². The summed E-state index contributed by atoms with van der Waals surface area (Å²) in [5.41, 5.74) is -1.13. The molecule has 0 amide bonds. The Balaban J connectivity index is 2.53. The van der Waals surface area contributed by atoms with Gasteiger partial charge in [-0.15, -0.1) is 0 Å². The molecule has 2 rings (SSSR count). The van der Waals surface area contributed by atoms with Gasteiger partial charge < -0.3 is 19.5 Å². The maximum Gasteiger partial charge on any atom is 0.340 e. The van der Waals surface area contributed by atoms with Crippen LogP contribution < -0.4 is 5.56 Å². The summed E-state index contributed by atoms with van der Waals surface area (Å²) in [5, 5.41) is 18.4. The van der Waals surface area contributed by atoms with E-state index in [1.165, 1.54) is 10.8 Å². The van der Waals surface area contributed by atoms with E-state index in [1.807, 2.05) is 6.92 Å². The molecule has 0 radical (unpaired) electrons. The maximum atomic E-state index is 11.9. The smallest absolute Gasteiger partial charge is 0.340 e. The van der Waals surface area contributed by atoms with E-state index in [1.54, 1.807) is 0 Å². The Morgan fingerprint density at radius 2 is 2.06 bits per heavy atom. The van der Waals surface area contributed by atoms with Crippen LogP contribution in [0, 0.1) is 0 Å². The lowest BCUT2D eigenvalue weighted by molar-refractivity contribution is 0.0277. The zero-order valence-corrected chi connectivity index (χ0v) is 10.0. The first-order valence-corrected chi connectivity index (χ1v) is 5.71. The first kappa shape index (κ1) is 12.6. The van der Waals surface area contributed by atoms with Crippen molar-refractivity contribution in [2.24, 2.45) is 0 Å². The Morgan fingerprint density at radius 3 is 2.61 bits per heavy atom. The number of aromatic nitrogens is 1. The average molecular weight is 253 g/mol. The summed E-state index contributed by atoms with van der Waals surface area (Å²) < 4.78 is 6.63. The second-order valence-electron chi connectivity index (χ2n) is 4.70. The van der Waals surface area contributed by atoms with E-state index >= 15 is 0 Å². The number of aromatic carboxylic acids is 1. The third-order valence-corrected chi connectivity index (χ3v) is 3.41. The molecule has 1 fully saturated rings. The molecule has 0 aliphatic carbocycles. The number of hydrogen-bond acceptors (Lipinski definition) is 4. The van der Waals surface area contributed by atoms with Gasteiger partial charge in [0.25, 0.3) is 5.56 Å². The minimum Gasteiger partial charge on any atom is -0.507 e. The molecule has 18 heavy (non-hydrogen) atoms. The van der Waals surface area contributed by atoms with Crippen molar-refractivity contribution in [2.75, 3.05) is 13.2 Å². The van der Waals surface area contributed by atoms with Crippen LogP contribution in [-0.4, -0.2) is 34.0 Å². The highest BCUT2D eigenvalue weighted by Crippen LogP contribution is 2.28. The van der Waals surface area contributed by atoms with Gasteiger partial charge in [-0.25, -0.2) is 4.79 Å². The summed E-state index contributed by atoms with van der Waals surface area (Å²) in [4.78, 5) is 22.9. The molecular formula is C12H15NO5. The van der Waals surface area contributed by atoms with Gasteiger partial charge in [0.15, 0.2) is 0 Å². The number of rotatable bonds is 2. The summed E-state index contributed by atoms with van der Waals surface area (Å²) in [7, 11) is 0. The highest BCUT2D eigenvalue weighted by atomic mass is 16.5. The Bertz CT molecular complexity index is 528. The molecule has 1 aliphatic heterocycles. The van der Waals surface area contributed by atoms with Crippen molar-refractivity contribution >= 4 is 5.97 Å². The van der Waals surface area contributed by atoms with E-state index in [-0.39, 0.29) is 5.56 Å². The molecule has 2 heterocycles. The minimum absolute atomic E-state index is 0.262. The number of carboxylic acid groups (broad SMARTS) is 1. The first-order valence-electron chi connectivity index (χ1n) is 5.71. The summed E-state index contributed by atoms with van der Waals surface area (Å²) in [6, 6.07) is 0.949. The van der Waals surface area contributed by atoms with Crippen LogP contribution in [0.15, 0.2) is 17.1 Å². The fraction of sp³-hybridized carbons (Fsp3) is 0.500. The number of carboxylic acids is 1. The lowest BCUT2D eigenvalue weighted by Crippen LogP contribution is -2.42. The van der Waals surface area contributed by atoms with Crippen LogP contribution in [-0.2, 0) is 10.3 Å². The monoisotopic (exact) mass is 253 g/mol. The van der Waals surface area contributed by atoms with E-state index in [0.29, 0.717) is 26.1 Å². The van der Waals surface area contributed by atoms with Crippen molar-refractivity contribution in [3.63, 3.8) is 0 Å². The molecule has 0 unspecified atom stereocenters. The zero-order chi connectivity index (χ0) is 13.3. The molecule has 1 aromatic rings. The maximum absolute atomic E-state index is 11.9. The topological polar surface area (TPSA) is 88.8 Å². The van der Waals surface area contributed by atoms with Gasteiger partial charge in [0.05, 0.1) is 0 Å². The summed E-state index contributed by atoms with van der Waals surface area (Å²) in [6.07, 6.45) is 2.48. The van der Waals surface area contributed by atoms with Crippen molar-refractivity contribution in [3.05, 3.63) is 28.2 Å². The predicted octanol–water partition coefficient (Wildman–Crippen LogP) is 0.778. The molecule has 0 atom stereocenters. The second-order valence-corrected chi connectivity index (χ2v) is 4.70. The van der Waals surface area contributed by atoms with Gasteiger partial charge in [0.1, 0.15) is 11.3 Å². The molecule has 1 aromatic heterocycles. The van der Waals surface area contributed by atoms with Crippen LogP contribution in [0.4, 0.5) is 0 Å². The van der Waals surface area contributed by atoms with E-state index in [2.05, 4.69) is 0 Å².